The van der Waals surface area contributed by atoms with Gasteiger partial charge in [0.2, 0.25) is 0 Å². The van der Waals surface area contributed by atoms with E-state index in [2.05, 4.69) is 36.2 Å². The first kappa shape index (κ1) is 18.1. The number of phenolic OH excluding ortho intramolecular Hbond substituents is 1. The minimum atomic E-state index is 0.252. The summed E-state index contributed by atoms with van der Waals surface area (Å²) in [6.45, 7) is 2.07. The van der Waals surface area contributed by atoms with Crippen LogP contribution < -0.4 is 0 Å². The molecule has 0 bridgehead atoms. The highest BCUT2D eigenvalue weighted by Crippen LogP contribution is 2.31. The lowest BCUT2D eigenvalue weighted by atomic mass is 10.0. The highest BCUT2D eigenvalue weighted by molar-refractivity contribution is 6.30. The summed E-state index contributed by atoms with van der Waals surface area (Å²) in [5.74, 6) is 1.01. The van der Waals surface area contributed by atoms with Crippen molar-refractivity contribution in [2.75, 3.05) is 0 Å². The molecule has 28 heavy (non-hydrogen) atoms. The molecule has 0 aliphatic heterocycles. The molecule has 3 nitrogen and oxygen atoms in total. The SMILES string of the molecule is Cc1ccc(-c2[nH]c(/C=C/c3ccc(O)cc3)nc2-c2ccc(Cl)cc2)cc1. The fourth-order valence-electron chi connectivity index (χ4n) is 2.98. The van der Waals surface area contributed by atoms with Crippen LogP contribution in [0, 0.1) is 6.92 Å². The van der Waals surface area contributed by atoms with Crippen LogP contribution in [0.3, 0.4) is 0 Å². The van der Waals surface area contributed by atoms with Gasteiger partial charge in [0.15, 0.2) is 0 Å². The Labute approximate surface area is 169 Å². The monoisotopic (exact) mass is 386 g/mol. The summed E-state index contributed by atoms with van der Waals surface area (Å²) < 4.78 is 0. The van der Waals surface area contributed by atoms with Crippen molar-refractivity contribution in [3.8, 4) is 28.3 Å². The van der Waals surface area contributed by atoms with Gasteiger partial charge >= 0.3 is 0 Å². The molecular formula is C24H19ClN2O. The maximum absolute atomic E-state index is 9.42. The average Bonchev–Trinajstić information content (AvgIpc) is 3.13. The first-order chi connectivity index (χ1) is 13.6. The predicted molar refractivity (Wildman–Crippen MR) is 116 cm³/mol. The van der Waals surface area contributed by atoms with Crippen molar-refractivity contribution >= 4 is 23.8 Å². The van der Waals surface area contributed by atoms with Gasteiger partial charge in [0.25, 0.3) is 0 Å². The Hall–Kier alpha value is -3.30. The molecule has 0 unspecified atom stereocenters. The Bertz CT molecular complexity index is 1050. The Kier molecular flexibility index (Phi) is 5.00. The summed E-state index contributed by atoms with van der Waals surface area (Å²) in [4.78, 5) is 8.24. The van der Waals surface area contributed by atoms with Gasteiger partial charge in [-0.2, -0.15) is 0 Å². The third-order valence-corrected chi connectivity index (χ3v) is 4.76. The summed E-state index contributed by atoms with van der Waals surface area (Å²) in [5, 5.41) is 10.1. The lowest BCUT2D eigenvalue weighted by Crippen LogP contribution is -1.84. The molecule has 0 saturated heterocycles. The van der Waals surface area contributed by atoms with E-state index in [1.54, 1.807) is 12.1 Å². The Morgan fingerprint density at radius 3 is 2.14 bits per heavy atom. The molecule has 0 aliphatic rings. The van der Waals surface area contributed by atoms with Gasteiger partial charge in [-0.15, -0.1) is 0 Å². The number of halogens is 1. The number of nitrogens with one attached hydrogen (secondary N) is 1. The van der Waals surface area contributed by atoms with Gasteiger partial charge in [-0.05, 0) is 42.8 Å². The quantitative estimate of drug-likeness (QED) is 0.416. The minimum Gasteiger partial charge on any atom is -0.508 e. The molecule has 0 radical (unpaired) electrons. The number of hydrogen-bond donors (Lipinski definition) is 2. The summed E-state index contributed by atoms with van der Waals surface area (Å²) >= 11 is 6.05. The molecule has 1 aromatic heterocycles. The van der Waals surface area contributed by atoms with Crippen LogP contribution in [-0.2, 0) is 0 Å². The van der Waals surface area contributed by atoms with Crippen molar-refractivity contribution in [1.82, 2.24) is 9.97 Å². The fraction of sp³-hybridized carbons (Fsp3) is 0.0417. The number of rotatable bonds is 4. The number of aromatic hydroxyl groups is 1. The van der Waals surface area contributed by atoms with E-state index in [-0.39, 0.29) is 5.75 Å². The largest absolute Gasteiger partial charge is 0.508 e. The van der Waals surface area contributed by atoms with E-state index >= 15 is 0 Å². The second-order valence-electron chi connectivity index (χ2n) is 6.64. The molecule has 0 saturated carbocycles. The average molecular weight is 387 g/mol. The van der Waals surface area contributed by atoms with E-state index in [9.17, 15) is 5.11 Å². The predicted octanol–water partition coefficient (Wildman–Crippen LogP) is 6.58. The number of phenols is 1. The van der Waals surface area contributed by atoms with Crippen molar-refractivity contribution in [2.45, 2.75) is 6.92 Å². The van der Waals surface area contributed by atoms with E-state index in [4.69, 9.17) is 16.6 Å². The van der Waals surface area contributed by atoms with Gasteiger partial charge in [-0.1, -0.05) is 71.8 Å². The van der Waals surface area contributed by atoms with E-state index in [1.165, 1.54) is 5.56 Å². The van der Waals surface area contributed by atoms with Gasteiger partial charge < -0.3 is 10.1 Å². The van der Waals surface area contributed by atoms with Crippen LogP contribution in [0.4, 0.5) is 0 Å². The summed E-state index contributed by atoms with van der Waals surface area (Å²) in [6.07, 6.45) is 3.90. The van der Waals surface area contributed by atoms with E-state index in [0.717, 1.165) is 33.9 Å². The van der Waals surface area contributed by atoms with Crippen LogP contribution in [0.25, 0.3) is 34.7 Å². The van der Waals surface area contributed by atoms with Crippen LogP contribution in [0.15, 0.2) is 72.8 Å². The van der Waals surface area contributed by atoms with Crippen LogP contribution in [0.2, 0.25) is 5.02 Å². The first-order valence-corrected chi connectivity index (χ1v) is 9.36. The zero-order valence-corrected chi connectivity index (χ0v) is 16.1. The highest BCUT2D eigenvalue weighted by atomic mass is 35.5. The maximum atomic E-state index is 9.42. The Morgan fingerprint density at radius 2 is 1.46 bits per heavy atom. The lowest BCUT2D eigenvalue weighted by Gasteiger charge is -2.04. The van der Waals surface area contributed by atoms with E-state index < -0.39 is 0 Å². The molecule has 0 atom stereocenters. The summed E-state index contributed by atoms with van der Waals surface area (Å²) in [6, 6.07) is 23.1. The molecule has 4 rings (SSSR count). The van der Waals surface area contributed by atoms with Gasteiger partial charge in [-0.25, -0.2) is 4.98 Å². The first-order valence-electron chi connectivity index (χ1n) is 8.98. The molecule has 0 fully saturated rings. The number of benzene rings is 3. The molecule has 0 spiro atoms. The number of imidazole rings is 1. The fourth-order valence-corrected chi connectivity index (χ4v) is 3.10. The second-order valence-corrected chi connectivity index (χ2v) is 7.08. The van der Waals surface area contributed by atoms with Crippen LogP contribution in [-0.4, -0.2) is 15.1 Å². The summed E-state index contributed by atoms with van der Waals surface area (Å²) in [5.41, 5.74) is 6.12. The van der Waals surface area contributed by atoms with Crippen molar-refractivity contribution in [3.05, 3.63) is 94.8 Å². The van der Waals surface area contributed by atoms with Crippen LogP contribution in [0.1, 0.15) is 17.0 Å². The van der Waals surface area contributed by atoms with Crippen molar-refractivity contribution < 1.29 is 5.11 Å². The van der Waals surface area contributed by atoms with Crippen molar-refractivity contribution in [2.24, 2.45) is 0 Å². The topological polar surface area (TPSA) is 48.9 Å². The number of aryl methyl sites for hydroxylation is 1. The van der Waals surface area contributed by atoms with Crippen molar-refractivity contribution in [3.63, 3.8) is 0 Å². The number of aromatic amines is 1. The normalized spacial score (nSPS) is 11.2. The number of H-pyrrole nitrogens is 1. The van der Waals surface area contributed by atoms with Crippen LogP contribution in [0.5, 0.6) is 5.75 Å². The van der Waals surface area contributed by atoms with Gasteiger partial charge in [0.1, 0.15) is 11.6 Å². The molecule has 2 N–H and O–H groups in total. The number of aromatic nitrogens is 2. The Morgan fingerprint density at radius 1 is 0.821 bits per heavy atom. The molecule has 0 aliphatic carbocycles. The second kappa shape index (κ2) is 7.75. The molecule has 0 amide bonds. The van der Waals surface area contributed by atoms with E-state index in [1.807, 2.05) is 48.6 Å². The standard InChI is InChI=1S/C24H19ClN2O/c1-16-2-7-18(8-3-16)23-24(19-9-11-20(25)12-10-19)27-22(26-23)15-6-17-4-13-21(28)14-5-17/h2-15,28H,1H3,(H,26,27)/b15-6+. The highest BCUT2D eigenvalue weighted by Gasteiger charge is 2.13. The van der Waals surface area contributed by atoms with Crippen molar-refractivity contribution in [1.29, 1.82) is 0 Å². The zero-order valence-electron chi connectivity index (χ0n) is 15.4. The molecule has 3 aromatic carbocycles. The third-order valence-electron chi connectivity index (χ3n) is 4.51. The number of hydrogen-bond acceptors (Lipinski definition) is 2. The van der Waals surface area contributed by atoms with Gasteiger partial charge in [-0.3, -0.25) is 0 Å². The summed E-state index contributed by atoms with van der Waals surface area (Å²) in [7, 11) is 0. The smallest absolute Gasteiger partial charge is 0.131 e. The molecular weight excluding hydrogens is 368 g/mol. The Balaban J connectivity index is 1.76. The van der Waals surface area contributed by atoms with Gasteiger partial charge in [0, 0.05) is 16.1 Å². The zero-order chi connectivity index (χ0) is 19.5. The van der Waals surface area contributed by atoms with E-state index in [0.29, 0.717) is 5.02 Å². The molecule has 4 heteroatoms. The lowest BCUT2D eigenvalue weighted by molar-refractivity contribution is 0.475. The maximum Gasteiger partial charge on any atom is 0.131 e. The van der Waals surface area contributed by atoms with Gasteiger partial charge in [0.05, 0.1) is 11.4 Å². The molecule has 4 aromatic rings. The molecule has 1 heterocycles. The third kappa shape index (κ3) is 4.00. The molecule has 138 valence electrons. The minimum absolute atomic E-state index is 0.252. The number of nitrogens with zero attached hydrogens (tertiary/aromatic N) is 1. The van der Waals surface area contributed by atoms with Crippen LogP contribution >= 0.6 is 11.6 Å².